The minimum Gasteiger partial charge on any atom is -0.344 e. The maximum absolute atomic E-state index is 11.5. The number of carbonyl (C=O) groups is 1. The van der Waals surface area contributed by atoms with E-state index in [1.54, 1.807) is 4.90 Å². The summed E-state index contributed by atoms with van der Waals surface area (Å²) in [5.41, 5.74) is 5.64. The zero-order valence-corrected chi connectivity index (χ0v) is 9.21. The molecule has 0 aliphatic carbocycles. The fraction of sp³-hybridized carbons (Fsp3) is 0.900. The Labute approximate surface area is 81.3 Å². The van der Waals surface area contributed by atoms with Crippen molar-refractivity contribution < 1.29 is 4.79 Å². The van der Waals surface area contributed by atoms with Gasteiger partial charge >= 0.3 is 0 Å². The predicted molar refractivity (Wildman–Crippen MR) is 55.4 cm³/mol. The Morgan fingerprint density at radius 3 is 2.31 bits per heavy atom. The second-order valence-electron chi connectivity index (χ2n) is 3.75. The number of amides is 1. The zero-order valence-electron chi connectivity index (χ0n) is 9.21. The number of hydrogen-bond acceptors (Lipinski definition) is 2. The van der Waals surface area contributed by atoms with Crippen LogP contribution in [0, 0.1) is 5.92 Å². The second kappa shape index (κ2) is 5.97. The number of rotatable bonds is 5. The van der Waals surface area contributed by atoms with Crippen LogP contribution in [-0.4, -0.2) is 30.4 Å². The molecule has 3 heteroatoms. The summed E-state index contributed by atoms with van der Waals surface area (Å²) < 4.78 is 0. The first-order chi connectivity index (χ1) is 6.02. The van der Waals surface area contributed by atoms with Crippen molar-refractivity contribution in [2.24, 2.45) is 11.7 Å². The van der Waals surface area contributed by atoms with Crippen molar-refractivity contribution >= 4 is 5.91 Å². The summed E-state index contributed by atoms with van der Waals surface area (Å²) >= 11 is 0. The molecule has 0 aromatic rings. The number of likely N-dealkylation sites (N-methyl/N-ethyl adjacent to an activating group) is 1. The lowest BCUT2D eigenvalue weighted by Gasteiger charge is -2.23. The Kier molecular flexibility index (Phi) is 5.71. The molecule has 0 aromatic carbocycles. The smallest absolute Gasteiger partial charge is 0.239 e. The van der Waals surface area contributed by atoms with Gasteiger partial charge in [0.1, 0.15) is 0 Å². The molecule has 0 aromatic heterocycles. The molecule has 0 aliphatic heterocycles. The van der Waals surface area contributed by atoms with Crippen molar-refractivity contribution in [3.8, 4) is 0 Å². The molecule has 0 bridgehead atoms. The highest BCUT2D eigenvalue weighted by Gasteiger charge is 2.16. The molecule has 2 atom stereocenters. The SMILES string of the molecule is CCC(C)CN(C)C(=O)[C@@H](N)CC. The van der Waals surface area contributed by atoms with Gasteiger partial charge in [-0.3, -0.25) is 4.79 Å². The van der Waals surface area contributed by atoms with Crippen molar-refractivity contribution in [2.75, 3.05) is 13.6 Å². The van der Waals surface area contributed by atoms with E-state index in [1.807, 2.05) is 14.0 Å². The van der Waals surface area contributed by atoms with Gasteiger partial charge in [-0.2, -0.15) is 0 Å². The lowest BCUT2D eigenvalue weighted by Crippen LogP contribution is -2.42. The molecular weight excluding hydrogens is 164 g/mol. The number of nitrogens with two attached hydrogens (primary N) is 1. The van der Waals surface area contributed by atoms with Crippen molar-refractivity contribution in [3.05, 3.63) is 0 Å². The van der Waals surface area contributed by atoms with Crippen molar-refractivity contribution in [1.82, 2.24) is 4.90 Å². The van der Waals surface area contributed by atoms with E-state index < -0.39 is 0 Å². The molecule has 0 fully saturated rings. The van der Waals surface area contributed by atoms with E-state index in [9.17, 15) is 4.79 Å². The molecule has 0 rings (SSSR count). The van der Waals surface area contributed by atoms with Gasteiger partial charge in [0, 0.05) is 13.6 Å². The molecule has 13 heavy (non-hydrogen) atoms. The van der Waals surface area contributed by atoms with Crippen LogP contribution in [0.2, 0.25) is 0 Å². The highest BCUT2D eigenvalue weighted by Crippen LogP contribution is 2.04. The standard InChI is InChI=1S/C10H22N2O/c1-5-8(3)7-12(4)10(13)9(11)6-2/h8-9H,5-7,11H2,1-4H3/t8?,9-/m0/s1. The van der Waals surface area contributed by atoms with Gasteiger partial charge in [0.15, 0.2) is 0 Å². The molecule has 0 radical (unpaired) electrons. The van der Waals surface area contributed by atoms with E-state index in [-0.39, 0.29) is 11.9 Å². The van der Waals surface area contributed by atoms with Crippen molar-refractivity contribution in [2.45, 2.75) is 39.7 Å². The van der Waals surface area contributed by atoms with Crippen LogP contribution in [0.3, 0.4) is 0 Å². The minimum absolute atomic E-state index is 0.0581. The maximum Gasteiger partial charge on any atom is 0.239 e. The van der Waals surface area contributed by atoms with Crippen LogP contribution < -0.4 is 5.73 Å². The van der Waals surface area contributed by atoms with Gasteiger partial charge in [-0.15, -0.1) is 0 Å². The summed E-state index contributed by atoms with van der Waals surface area (Å²) in [5.74, 6) is 0.612. The third-order valence-electron chi connectivity index (χ3n) is 2.42. The Hall–Kier alpha value is -0.570. The summed E-state index contributed by atoms with van der Waals surface area (Å²) in [6.45, 7) is 7.01. The van der Waals surface area contributed by atoms with Crippen molar-refractivity contribution in [3.63, 3.8) is 0 Å². The summed E-state index contributed by atoms with van der Waals surface area (Å²) in [6, 6.07) is -0.325. The molecule has 0 spiro atoms. The molecule has 78 valence electrons. The van der Waals surface area contributed by atoms with E-state index in [2.05, 4.69) is 13.8 Å². The molecule has 0 heterocycles. The van der Waals surface area contributed by atoms with Gasteiger partial charge in [0.25, 0.3) is 0 Å². The Morgan fingerprint density at radius 2 is 1.92 bits per heavy atom. The third kappa shape index (κ3) is 4.27. The minimum atomic E-state index is -0.325. The zero-order chi connectivity index (χ0) is 10.4. The van der Waals surface area contributed by atoms with Crippen LogP contribution in [-0.2, 0) is 4.79 Å². The maximum atomic E-state index is 11.5. The fourth-order valence-corrected chi connectivity index (χ4v) is 1.14. The molecule has 1 unspecified atom stereocenters. The van der Waals surface area contributed by atoms with Crippen molar-refractivity contribution in [1.29, 1.82) is 0 Å². The lowest BCUT2D eigenvalue weighted by atomic mass is 10.1. The van der Waals surface area contributed by atoms with E-state index in [1.165, 1.54) is 0 Å². The molecule has 0 aliphatic rings. The summed E-state index contributed by atoms with van der Waals surface area (Å²) in [6.07, 6.45) is 1.81. The van der Waals surface area contributed by atoms with Gasteiger partial charge in [-0.05, 0) is 12.3 Å². The van der Waals surface area contributed by atoms with Crippen LogP contribution in [0.15, 0.2) is 0 Å². The van der Waals surface area contributed by atoms with Crippen LogP contribution in [0.5, 0.6) is 0 Å². The number of carbonyl (C=O) groups excluding carboxylic acids is 1. The van der Waals surface area contributed by atoms with Gasteiger partial charge < -0.3 is 10.6 Å². The van der Waals surface area contributed by atoms with Crippen LogP contribution >= 0.6 is 0 Å². The Bertz CT molecular complexity index is 159. The molecule has 0 saturated heterocycles. The second-order valence-corrected chi connectivity index (χ2v) is 3.75. The number of nitrogens with zero attached hydrogens (tertiary/aromatic N) is 1. The van der Waals surface area contributed by atoms with Crippen LogP contribution in [0.1, 0.15) is 33.6 Å². The lowest BCUT2D eigenvalue weighted by molar-refractivity contribution is -0.131. The topological polar surface area (TPSA) is 46.3 Å². The van der Waals surface area contributed by atoms with E-state index in [0.29, 0.717) is 12.3 Å². The van der Waals surface area contributed by atoms with Gasteiger partial charge in [0.05, 0.1) is 6.04 Å². The first-order valence-electron chi connectivity index (χ1n) is 5.03. The number of hydrogen-bond donors (Lipinski definition) is 1. The third-order valence-corrected chi connectivity index (χ3v) is 2.42. The quantitative estimate of drug-likeness (QED) is 0.702. The first kappa shape index (κ1) is 12.4. The molecule has 0 saturated carbocycles. The Morgan fingerprint density at radius 1 is 1.38 bits per heavy atom. The Balaban J connectivity index is 3.95. The van der Waals surface area contributed by atoms with E-state index in [0.717, 1.165) is 13.0 Å². The largest absolute Gasteiger partial charge is 0.344 e. The van der Waals surface area contributed by atoms with E-state index in [4.69, 9.17) is 5.73 Å². The van der Waals surface area contributed by atoms with Gasteiger partial charge in [-0.25, -0.2) is 0 Å². The molecule has 2 N–H and O–H groups in total. The highest BCUT2D eigenvalue weighted by molar-refractivity contribution is 5.81. The average molecular weight is 186 g/mol. The van der Waals surface area contributed by atoms with Crippen LogP contribution in [0.4, 0.5) is 0 Å². The summed E-state index contributed by atoms with van der Waals surface area (Å²) in [7, 11) is 1.82. The predicted octanol–water partition coefficient (Wildman–Crippen LogP) is 1.23. The average Bonchev–Trinajstić information content (AvgIpc) is 2.14. The van der Waals surface area contributed by atoms with Gasteiger partial charge in [-0.1, -0.05) is 27.2 Å². The first-order valence-corrected chi connectivity index (χ1v) is 5.03. The van der Waals surface area contributed by atoms with Crippen LogP contribution in [0.25, 0.3) is 0 Å². The monoisotopic (exact) mass is 186 g/mol. The normalized spacial score (nSPS) is 15.2. The molecule has 3 nitrogen and oxygen atoms in total. The highest BCUT2D eigenvalue weighted by atomic mass is 16.2. The fourth-order valence-electron chi connectivity index (χ4n) is 1.14. The van der Waals surface area contributed by atoms with E-state index >= 15 is 0 Å². The summed E-state index contributed by atoms with van der Waals surface area (Å²) in [4.78, 5) is 13.3. The summed E-state index contributed by atoms with van der Waals surface area (Å²) in [5, 5.41) is 0. The van der Waals surface area contributed by atoms with Gasteiger partial charge in [0.2, 0.25) is 5.91 Å². The molecular formula is C10H22N2O. The molecule has 1 amide bonds.